The zero-order valence-electron chi connectivity index (χ0n) is 15.5. The molecule has 2 heterocycles. The number of nitrogens with zero attached hydrogens (tertiary/aromatic N) is 3. The third kappa shape index (κ3) is 5.49. The Morgan fingerprint density at radius 2 is 2.00 bits per heavy atom. The molecular formula is C19H22N4O3S2. The first-order valence-corrected chi connectivity index (χ1v) is 10.7. The van der Waals surface area contributed by atoms with Gasteiger partial charge >= 0.3 is 0 Å². The molecule has 3 aromatic rings. The lowest BCUT2D eigenvalue weighted by molar-refractivity contribution is -0.118. The first kappa shape index (κ1) is 20.2. The van der Waals surface area contributed by atoms with Gasteiger partial charge in [-0.3, -0.25) is 4.79 Å². The van der Waals surface area contributed by atoms with Crippen LogP contribution in [0.15, 0.2) is 46.9 Å². The van der Waals surface area contributed by atoms with Crippen molar-refractivity contribution >= 4 is 29.0 Å². The van der Waals surface area contributed by atoms with Crippen molar-refractivity contribution in [2.75, 3.05) is 19.5 Å². The Labute approximate surface area is 171 Å². The van der Waals surface area contributed by atoms with E-state index >= 15 is 0 Å². The van der Waals surface area contributed by atoms with Crippen LogP contribution in [0.25, 0.3) is 10.7 Å². The third-order valence-electron chi connectivity index (χ3n) is 3.89. The number of carbonyl (C=O) groups is 1. The van der Waals surface area contributed by atoms with Gasteiger partial charge in [-0.25, -0.2) is 0 Å². The summed E-state index contributed by atoms with van der Waals surface area (Å²) in [5, 5.41) is 11.4. The molecule has 0 aliphatic carbocycles. The standard InChI is InChI=1S/C19H22N4O3S2/c1-25-14-5-7-15(8-6-14)26-11-3-13-28-19-22-21-18(16-4-2-12-27-16)23(19)10-9-17(20)24/h2,4-8,12H,3,9-11,13H2,1H3,(H2,20,24). The minimum Gasteiger partial charge on any atom is -0.497 e. The van der Waals surface area contributed by atoms with Crippen LogP contribution in [0.4, 0.5) is 0 Å². The number of primary amides is 1. The van der Waals surface area contributed by atoms with Crippen molar-refractivity contribution in [1.82, 2.24) is 14.8 Å². The summed E-state index contributed by atoms with van der Waals surface area (Å²) in [4.78, 5) is 12.2. The highest BCUT2D eigenvalue weighted by molar-refractivity contribution is 7.99. The maximum absolute atomic E-state index is 11.2. The van der Waals surface area contributed by atoms with E-state index in [4.69, 9.17) is 15.2 Å². The van der Waals surface area contributed by atoms with Crippen LogP contribution in [0, 0.1) is 0 Å². The molecule has 0 atom stereocenters. The van der Waals surface area contributed by atoms with Gasteiger partial charge in [0.05, 0.1) is 18.6 Å². The molecule has 0 aliphatic rings. The molecule has 148 valence electrons. The van der Waals surface area contributed by atoms with E-state index in [1.807, 2.05) is 46.3 Å². The number of carbonyl (C=O) groups excluding carboxylic acids is 1. The van der Waals surface area contributed by atoms with Gasteiger partial charge in [0.25, 0.3) is 0 Å². The number of thiophene rings is 1. The summed E-state index contributed by atoms with van der Waals surface area (Å²) in [6.07, 6.45) is 1.11. The Hall–Kier alpha value is -2.52. The molecule has 0 saturated heterocycles. The second kappa shape index (κ2) is 10.1. The van der Waals surface area contributed by atoms with E-state index in [0.29, 0.717) is 13.2 Å². The molecular weight excluding hydrogens is 396 g/mol. The molecule has 0 radical (unpaired) electrons. The molecule has 3 rings (SSSR count). The smallest absolute Gasteiger partial charge is 0.219 e. The van der Waals surface area contributed by atoms with E-state index in [0.717, 1.165) is 39.5 Å². The summed E-state index contributed by atoms with van der Waals surface area (Å²) in [7, 11) is 1.64. The molecule has 0 aliphatic heterocycles. The summed E-state index contributed by atoms with van der Waals surface area (Å²) < 4.78 is 12.8. The number of rotatable bonds is 11. The fourth-order valence-electron chi connectivity index (χ4n) is 2.49. The molecule has 1 amide bonds. The van der Waals surface area contributed by atoms with Crippen LogP contribution >= 0.6 is 23.1 Å². The van der Waals surface area contributed by atoms with E-state index in [-0.39, 0.29) is 12.3 Å². The predicted molar refractivity (Wildman–Crippen MR) is 111 cm³/mol. The van der Waals surface area contributed by atoms with Gasteiger partial charge < -0.3 is 19.8 Å². The van der Waals surface area contributed by atoms with Gasteiger partial charge in [0.1, 0.15) is 11.5 Å². The van der Waals surface area contributed by atoms with E-state index in [1.165, 1.54) is 0 Å². The Morgan fingerprint density at radius 1 is 1.21 bits per heavy atom. The average Bonchev–Trinajstić information content (AvgIpc) is 3.36. The second-order valence-corrected chi connectivity index (χ2v) is 7.89. The van der Waals surface area contributed by atoms with Crippen LogP contribution in [0.2, 0.25) is 0 Å². The Balaban J connectivity index is 1.53. The van der Waals surface area contributed by atoms with E-state index in [9.17, 15) is 4.79 Å². The number of aromatic nitrogens is 3. The molecule has 7 nitrogen and oxygen atoms in total. The van der Waals surface area contributed by atoms with Gasteiger partial charge in [0.2, 0.25) is 5.91 Å². The number of benzene rings is 1. The molecule has 0 fully saturated rings. The number of thioether (sulfide) groups is 1. The van der Waals surface area contributed by atoms with Crippen molar-refractivity contribution in [1.29, 1.82) is 0 Å². The van der Waals surface area contributed by atoms with Gasteiger partial charge in [-0.05, 0) is 42.1 Å². The second-order valence-electron chi connectivity index (χ2n) is 5.88. The minimum absolute atomic E-state index is 0.255. The highest BCUT2D eigenvalue weighted by atomic mass is 32.2. The first-order chi connectivity index (χ1) is 13.7. The minimum atomic E-state index is -0.338. The Morgan fingerprint density at radius 3 is 2.68 bits per heavy atom. The maximum Gasteiger partial charge on any atom is 0.219 e. The van der Waals surface area contributed by atoms with Crippen molar-refractivity contribution in [3.05, 3.63) is 41.8 Å². The van der Waals surface area contributed by atoms with Crippen molar-refractivity contribution in [2.24, 2.45) is 5.73 Å². The summed E-state index contributed by atoms with van der Waals surface area (Å²) in [5.74, 6) is 2.88. The van der Waals surface area contributed by atoms with Crippen LogP contribution < -0.4 is 15.2 Å². The number of hydrogen-bond acceptors (Lipinski definition) is 7. The summed E-state index contributed by atoms with van der Waals surface area (Å²) in [6, 6.07) is 11.5. The summed E-state index contributed by atoms with van der Waals surface area (Å²) >= 11 is 3.19. The number of amides is 1. The number of hydrogen-bond donors (Lipinski definition) is 1. The van der Waals surface area contributed by atoms with Crippen LogP contribution in [-0.4, -0.2) is 40.1 Å². The SMILES string of the molecule is COc1ccc(OCCCSc2nnc(-c3cccs3)n2CCC(N)=O)cc1. The molecule has 0 bridgehead atoms. The van der Waals surface area contributed by atoms with Gasteiger partial charge in [-0.15, -0.1) is 21.5 Å². The Kier molecular flexibility index (Phi) is 7.32. The predicted octanol–water partition coefficient (Wildman–Crippen LogP) is 3.45. The number of nitrogens with two attached hydrogens (primary N) is 1. The van der Waals surface area contributed by atoms with Gasteiger partial charge in [-0.1, -0.05) is 17.8 Å². The summed E-state index contributed by atoms with van der Waals surface area (Å²) in [6.45, 7) is 1.08. The van der Waals surface area contributed by atoms with Crippen LogP contribution in [0.1, 0.15) is 12.8 Å². The monoisotopic (exact) mass is 418 g/mol. The zero-order chi connectivity index (χ0) is 19.8. The molecule has 0 spiro atoms. The van der Waals surface area contributed by atoms with Crippen molar-refractivity contribution in [2.45, 2.75) is 24.5 Å². The van der Waals surface area contributed by atoms with E-state index < -0.39 is 0 Å². The number of ether oxygens (including phenoxy) is 2. The van der Waals surface area contributed by atoms with Crippen molar-refractivity contribution in [3.63, 3.8) is 0 Å². The Bertz CT molecular complexity index is 879. The van der Waals surface area contributed by atoms with E-state index in [1.54, 1.807) is 30.2 Å². The maximum atomic E-state index is 11.2. The average molecular weight is 419 g/mol. The third-order valence-corrected chi connectivity index (χ3v) is 5.81. The lowest BCUT2D eigenvalue weighted by atomic mass is 10.3. The largest absolute Gasteiger partial charge is 0.497 e. The van der Waals surface area contributed by atoms with Crippen LogP contribution in [-0.2, 0) is 11.3 Å². The normalized spacial score (nSPS) is 10.8. The van der Waals surface area contributed by atoms with E-state index in [2.05, 4.69) is 10.2 Å². The molecule has 1 aromatic carbocycles. The van der Waals surface area contributed by atoms with Crippen molar-refractivity contribution < 1.29 is 14.3 Å². The molecule has 0 unspecified atom stereocenters. The molecule has 2 N–H and O–H groups in total. The lowest BCUT2D eigenvalue weighted by Crippen LogP contribution is -2.15. The van der Waals surface area contributed by atoms with Gasteiger partial charge in [0, 0.05) is 18.7 Å². The topological polar surface area (TPSA) is 92.3 Å². The fourth-order valence-corrected chi connectivity index (χ4v) is 4.09. The lowest BCUT2D eigenvalue weighted by Gasteiger charge is -2.09. The highest BCUT2D eigenvalue weighted by Gasteiger charge is 2.15. The van der Waals surface area contributed by atoms with Crippen LogP contribution in [0.5, 0.6) is 11.5 Å². The molecule has 9 heteroatoms. The van der Waals surface area contributed by atoms with Gasteiger partial charge in [-0.2, -0.15) is 0 Å². The molecule has 28 heavy (non-hydrogen) atoms. The zero-order valence-corrected chi connectivity index (χ0v) is 17.2. The van der Waals surface area contributed by atoms with Crippen molar-refractivity contribution in [3.8, 4) is 22.2 Å². The first-order valence-electron chi connectivity index (χ1n) is 8.82. The van der Waals surface area contributed by atoms with Crippen LogP contribution in [0.3, 0.4) is 0 Å². The highest BCUT2D eigenvalue weighted by Crippen LogP contribution is 2.28. The quantitative estimate of drug-likeness (QED) is 0.379. The summed E-state index contributed by atoms with van der Waals surface area (Å²) in [5.41, 5.74) is 5.32. The van der Waals surface area contributed by atoms with Gasteiger partial charge in [0.15, 0.2) is 11.0 Å². The molecule has 0 saturated carbocycles. The molecule has 2 aromatic heterocycles. The fraction of sp³-hybridized carbons (Fsp3) is 0.316. The number of methoxy groups -OCH3 is 1.